The van der Waals surface area contributed by atoms with Gasteiger partial charge in [0, 0.05) is 24.4 Å². The molecule has 0 saturated carbocycles. The lowest BCUT2D eigenvalue weighted by molar-refractivity contribution is -0.136. The van der Waals surface area contributed by atoms with E-state index in [1.165, 1.54) is 11.3 Å². The number of nitrogens with zero attached hydrogens (tertiary/aromatic N) is 1. The van der Waals surface area contributed by atoms with Crippen LogP contribution in [0.2, 0.25) is 0 Å². The molecule has 0 aliphatic rings. The van der Waals surface area contributed by atoms with Gasteiger partial charge in [0.05, 0.1) is 17.1 Å². The van der Waals surface area contributed by atoms with Crippen LogP contribution in [-0.2, 0) is 17.6 Å². The number of carbonyl (C=O) groups is 1. The van der Waals surface area contributed by atoms with Crippen molar-refractivity contribution in [2.75, 3.05) is 6.54 Å². The zero-order valence-electron chi connectivity index (χ0n) is 9.69. The fourth-order valence-electron chi connectivity index (χ4n) is 1.27. The van der Waals surface area contributed by atoms with E-state index in [0.29, 0.717) is 11.7 Å². The van der Waals surface area contributed by atoms with Crippen LogP contribution in [0.25, 0.3) is 0 Å². The van der Waals surface area contributed by atoms with E-state index in [1.807, 2.05) is 5.38 Å². The maximum absolute atomic E-state index is 10.5. The average molecular weight is 242 g/mol. The predicted octanol–water partition coefficient (Wildman–Crippen LogP) is 1.70. The van der Waals surface area contributed by atoms with Gasteiger partial charge in [-0.25, -0.2) is 4.98 Å². The molecule has 1 heterocycles. The van der Waals surface area contributed by atoms with E-state index in [0.717, 1.165) is 24.4 Å². The van der Waals surface area contributed by atoms with E-state index in [1.54, 1.807) is 0 Å². The molecule has 0 aliphatic heterocycles. The first-order chi connectivity index (χ1) is 7.61. The predicted molar refractivity (Wildman–Crippen MR) is 64.9 cm³/mol. The number of aliphatic carboxylic acids is 1. The third-order valence-electron chi connectivity index (χ3n) is 2.38. The summed E-state index contributed by atoms with van der Waals surface area (Å²) in [6.07, 6.45) is 2.01. The Bertz CT molecular complexity index is 338. The van der Waals surface area contributed by atoms with E-state index in [2.05, 4.69) is 24.1 Å². The Labute approximate surface area is 99.7 Å². The number of carboxylic acids is 1. The number of thiazole rings is 1. The van der Waals surface area contributed by atoms with Gasteiger partial charge in [-0.3, -0.25) is 4.79 Å². The van der Waals surface area contributed by atoms with Crippen LogP contribution in [-0.4, -0.2) is 28.6 Å². The van der Waals surface area contributed by atoms with Gasteiger partial charge in [-0.1, -0.05) is 6.92 Å². The van der Waals surface area contributed by atoms with Crippen molar-refractivity contribution in [1.82, 2.24) is 10.3 Å². The number of rotatable bonds is 7. The molecular formula is C11H18N2O2S. The topological polar surface area (TPSA) is 62.2 Å². The number of carboxylic acid groups (broad SMARTS) is 1. The summed E-state index contributed by atoms with van der Waals surface area (Å²) in [6.45, 7) is 5.19. The van der Waals surface area contributed by atoms with Gasteiger partial charge < -0.3 is 10.4 Å². The Morgan fingerprint density at radius 2 is 2.44 bits per heavy atom. The van der Waals surface area contributed by atoms with Crippen molar-refractivity contribution in [3.63, 3.8) is 0 Å². The molecule has 1 aromatic rings. The Kier molecular flexibility index (Phi) is 5.42. The van der Waals surface area contributed by atoms with Gasteiger partial charge in [-0.2, -0.15) is 0 Å². The standard InChI is InChI=1S/C11H18N2O2S/c1-3-8(2)12-5-4-10-13-9(7-16-10)6-11(14)15/h7-8,12H,3-6H2,1-2H3,(H,14,15). The second-order valence-electron chi connectivity index (χ2n) is 3.82. The van der Waals surface area contributed by atoms with Crippen molar-refractivity contribution in [2.45, 2.75) is 39.2 Å². The monoisotopic (exact) mass is 242 g/mol. The zero-order valence-corrected chi connectivity index (χ0v) is 10.5. The Morgan fingerprint density at radius 1 is 1.69 bits per heavy atom. The highest BCUT2D eigenvalue weighted by Crippen LogP contribution is 2.10. The highest BCUT2D eigenvalue weighted by molar-refractivity contribution is 7.09. The largest absolute Gasteiger partial charge is 0.481 e. The van der Waals surface area contributed by atoms with Crippen molar-refractivity contribution >= 4 is 17.3 Å². The highest BCUT2D eigenvalue weighted by Gasteiger charge is 2.06. The van der Waals surface area contributed by atoms with Crippen LogP contribution in [0.1, 0.15) is 31.0 Å². The molecule has 1 aromatic heterocycles. The van der Waals surface area contributed by atoms with Gasteiger partial charge in [-0.15, -0.1) is 11.3 Å². The maximum atomic E-state index is 10.5. The zero-order chi connectivity index (χ0) is 12.0. The van der Waals surface area contributed by atoms with Gasteiger partial charge in [0.2, 0.25) is 0 Å². The van der Waals surface area contributed by atoms with Crippen molar-refractivity contribution in [1.29, 1.82) is 0 Å². The van der Waals surface area contributed by atoms with Crippen LogP contribution >= 0.6 is 11.3 Å². The molecule has 0 aromatic carbocycles. The van der Waals surface area contributed by atoms with E-state index in [4.69, 9.17) is 5.11 Å². The van der Waals surface area contributed by atoms with Crippen molar-refractivity contribution in [3.05, 3.63) is 16.1 Å². The Balaban J connectivity index is 2.32. The lowest BCUT2D eigenvalue weighted by Crippen LogP contribution is -2.27. The molecule has 16 heavy (non-hydrogen) atoms. The number of hydrogen-bond donors (Lipinski definition) is 2. The fraction of sp³-hybridized carbons (Fsp3) is 0.636. The molecule has 90 valence electrons. The molecule has 0 bridgehead atoms. The maximum Gasteiger partial charge on any atom is 0.309 e. The van der Waals surface area contributed by atoms with Crippen molar-refractivity contribution < 1.29 is 9.90 Å². The van der Waals surface area contributed by atoms with Crippen molar-refractivity contribution in [3.8, 4) is 0 Å². The Morgan fingerprint density at radius 3 is 3.06 bits per heavy atom. The third-order valence-corrected chi connectivity index (χ3v) is 3.33. The van der Waals surface area contributed by atoms with Crippen LogP contribution in [0, 0.1) is 0 Å². The van der Waals surface area contributed by atoms with Crippen LogP contribution in [0.5, 0.6) is 0 Å². The molecule has 0 fully saturated rings. The highest BCUT2D eigenvalue weighted by atomic mass is 32.1. The van der Waals surface area contributed by atoms with Gasteiger partial charge in [0.25, 0.3) is 0 Å². The molecular weight excluding hydrogens is 224 g/mol. The first-order valence-corrected chi connectivity index (χ1v) is 6.38. The van der Waals surface area contributed by atoms with Crippen LogP contribution in [0.3, 0.4) is 0 Å². The molecule has 1 rings (SSSR count). The molecule has 5 heteroatoms. The number of nitrogens with one attached hydrogen (secondary N) is 1. The second kappa shape index (κ2) is 6.60. The minimum atomic E-state index is -0.824. The first-order valence-electron chi connectivity index (χ1n) is 5.50. The molecule has 0 aliphatic carbocycles. The Hall–Kier alpha value is -0.940. The molecule has 0 radical (unpaired) electrons. The summed E-state index contributed by atoms with van der Waals surface area (Å²) in [4.78, 5) is 14.7. The van der Waals surface area contributed by atoms with E-state index in [9.17, 15) is 4.79 Å². The molecule has 1 atom stereocenters. The van der Waals surface area contributed by atoms with Crippen LogP contribution in [0.4, 0.5) is 0 Å². The number of hydrogen-bond acceptors (Lipinski definition) is 4. The third kappa shape index (κ3) is 4.72. The minimum absolute atomic E-state index is 0.0231. The normalized spacial score (nSPS) is 12.6. The van der Waals surface area contributed by atoms with Crippen LogP contribution in [0.15, 0.2) is 5.38 Å². The smallest absolute Gasteiger partial charge is 0.309 e. The molecule has 2 N–H and O–H groups in total. The summed E-state index contributed by atoms with van der Waals surface area (Å²) in [6, 6.07) is 0.526. The summed E-state index contributed by atoms with van der Waals surface area (Å²) >= 11 is 1.54. The fourth-order valence-corrected chi connectivity index (χ4v) is 2.07. The lowest BCUT2D eigenvalue weighted by atomic mass is 10.2. The van der Waals surface area contributed by atoms with Gasteiger partial charge in [0.15, 0.2) is 0 Å². The SMILES string of the molecule is CCC(C)NCCc1nc(CC(=O)O)cs1. The first kappa shape index (κ1) is 13.1. The molecule has 1 unspecified atom stereocenters. The van der Waals surface area contributed by atoms with Gasteiger partial charge >= 0.3 is 5.97 Å². The molecule has 0 spiro atoms. The van der Waals surface area contributed by atoms with E-state index >= 15 is 0 Å². The minimum Gasteiger partial charge on any atom is -0.481 e. The van der Waals surface area contributed by atoms with Gasteiger partial charge in [-0.05, 0) is 13.3 Å². The number of aromatic nitrogens is 1. The molecule has 0 saturated heterocycles. The summed E-state index contributed by atoms with van der Waals surface area (Å²) in [7, 11) is 0. The van der Waals surface area contributed by atoms with Gasteiger partial charge in [0.1, 0.15) is 0 Å². The van der Waals surface area contributed by atoms with E-state index in [-0.39, 0.29) is 6.42 Å². The quantitative estimate of drug-likeness (QED) is 0.764. The molecule has 0 amide bonds. The van der Waals surface area contributed by atoms with E-state index < -0.39 is 5.97 Å². The average Bonchev–Trinajstić information content (AvgIpc) is 2.64. The summed E-state index contributed by atoms with van der Waals surface area (Å²) in [5, 5.41) is 14.8. The van der Waals surface area contributed by atoms with Crippen LogP contribution < -0.4 is 5.32 Å². The second-order valence-corrected chi connectivity index (χ2v) is 4.76. The lowest BCUT2D eigenvalue weighted by Gasteiger charge is -2.09. The summed E-state index contributed by atoms with van der Waals surface area (Å²) < 4.78 is 0. The van der Waals surface area contributed by atoms with Crippen molar-refractivity contribution in [2.24, 2.45) is 0 Å². The summed E-state index contributed by atoms with van der Waals surface area (Å²) in [5.74, 6) is -0.824. The molecule has 4 nitrogen and oxygen atoms in total. The summed E-state index contributed by atoms with van der Waals surface area (Å²) in [5.41, 5.74) is 0.663.